The van der Waals surface area contributed by atoms with Crippen molar-refractivity contribution >= 4 is 17.4 Å². The van der Waals surface area contributed by atoms with Crippen molar-refractivity contribution in [2.75, 3.05) is 24.5 Å². The predicted octanol–water partition coefficient (Wildman–Crippen LogP) is 0.610. The molecule has 2 heterocycles. The smallest absolute Gasteiger partial charge is 0.239 e. The molecule has 1 N–H and O–H groups in total. The molecule has 17 heavy (non-hydrogen) atoms. The third-order valence-electron chi connectivity index (χ3n) is 2.74. The second-order valence-corrected chi connectivity index (χ2v) is 4.08. The Kier molecular flexibility index (Phi) is 3.37. The molecule has 0 atom stereocenters. The van der Waals surface area contributed by atoms with Crippen molar-refractivity contribution in [1.82, 2.24) is 10.3 Å². The van der Waals surface area contributed by atoms with E-state index in [9.17, 15) is 9.59 Å². The average molecular weight is 233 g/mol. The SMILES string of the molecule is CC(=O)c1ccc(N2CCCNC(=O)C2)cn1. The van der Waals surface area contributed by atoms with Gasteiger partial charge < -0.3 is 10.2 Å². The minimum absolute atomic E-state index is 0.0261. The number of hydrogen-bond acceptors (Lipinski definition) is 4. The molecular formula is C12H15N3O2. The summed E-state index contributed by atoms with van der Waals surface area (Å²) in [5.41, 5.74) is 1.33. The van der Waals surface area contributed by atoms with E-state index in [0.717, 1.165) is 18.7 Å². The lowest BCUT2D eigenvalue weighted by Gasteiger charge is -2.20. The lowest BCUT2D eigenvalue weighted by atomic mass is 10.2. The molecule has 1 aliphatic rings. The van der Waals surface area contributed by atoms with E-state index in [-0.39, 0.29) is 11.7 Å². The zero-order chi connectivity index (χ0) is 12.3. The van der Waals surface area contributed by atoms with Gasteiger partial charge in [0, 0.05) is 20.0 Å². The standard InChI is InChI=1S/C12H15N3O2/c1-9(16)11-4-3-10(7-14-11)15-6-2-5-13-12(17)8-15/h3-4,7H,2,5-6,8H2,1H3,(H,13,17). The van der Waals surface area contributed by atoms with Crippen molar-refractivity contribution in [2.45, 2.75) is 13.3 Å². The topological polar surface area (TPSA) is 62.3 Å². The summed E-state index contributed by atoms with van der Waals surface area (Å²) in [5.74, 6) is -0.0247. The monoisotopic (exact) mass is 233 g/mol. The number of ketones is 1. The fourth-order valence-electron chi connectivity index (χ4n) is 1.81. The molecule has 0 unspecified atom stereocenters. The first kappa shape index (κ1) is 11.6. The van der Waals surface area contributed by atoms with Crippen LogP contribution in [-0.2, 0) is 4.79 Å². The van der Waals surface area contributed by atoms with Crippen molar-refractivity contribution in [1.29, 1.82) is 0 Å². The van der Waals surface area contributed by atoms with Crippen molar-refractivity contribution in [3.8, 4) is 0 Å². The normalized spacial score (nSPS) is 16.3. The number of pyridine rings is 1. The Balaban J connectivity index is 2.15. The Labute approximate surface area is 99.8 Å². The second-order valence-electron chi connectivity index (χ2n) is 4.08. The number of carbonyl (C=O) groups is 2. The van der Waals surface area contributed by atoms with Gasteiger partial charge in [-0.3, -0.25) is 14.6 Å². The average Bonchev–Trinajstić information content (AvgIpc) is 2.54. The summed E-state index contributed by atoms with van der Waals surface area (Å²) in [5, 5.41) is 2.82. The van der Waals surface area contributed by atoms with Crippen molar-refractivity contribution in [2.24, 2.45) is 0 Å². The van der Waals surface area contributed by atoms with Crippen molar-refractivity contribution in [3.63, 3.8) is 0 Å². The number of Topliss-reactive ketones (excluding diaryl/α,β-unsaturated/α-hetero) is 1. The van der Waals surface area contributed by atoms with Crippen molar-refractivity contribution in [3.05, 3.63) is 24.0 Å². The Morgan fingerprint density at radius 2 is 2.29 bits per heavy atom. The molecule has 1 saturated heterocycles. The highest BCUT2D eigenvalue weighted by Gasteiger charge is 2.15. The second kappa shape index (κ2) is 4.95. The molecule has 0 saturated carbocycles. The van der Waals surface area contributed by atoms with Crippen LogP contribution in [0.4, 0.5) is 5.69 Å². The van der Waals surface area contributed by atoms with Crippen LogP contribution in [0.5, 0.6) is 0 Å². The fourth-order valence-corrected chi connectivity index (χ4v) is 1.81. The van der Waals surface area contributed by atoms with Gasteiger partial charge >= 0.3 is 0 Å². The largest absolute Gasteiger partial charge is 0.361 e. The van der Waals surface area contributed by atoms with Gasteiger partial charge in [-0.05, 0) is 18.6 Å². The fraction of sp³-hybridized carbons (Fsp3) is 0.417. The number of amides is 1. The van der Waals surface area contributed by atoms with E-state index in [1.54, 1.807) is 12.3 Å². The summed E-state index contributed by atoms with van der Waals surface area (Å²) in [6.07, 6.45) is 2.57. The molecular weight excluding hydrogens is 218 g/mol. The van der Waals surface area contributed by atoms with Gasteiger partial charge in [0.25, 0.3) is 0 Å². The molecule has 1 amide bonds. The van der Waals surface area contributed by atoms with E-state index in [2.05, 4.69) is 10.3 Å². The number of nitrogens with one attached hydrogen (secondary N) is 1. The zero-order valence-electron chi connectivity index (χ0n) is 9.77. The van der Waals surface area contributed by atoms with Gasteiger partial charge in [-0.1, -0.05) is 0 Å². The molecule has 0 bridgehead atoms. The van der Waals surface area contributed by atoms with Crippen LogP contribution < -0.4 is 10.2 Å². The highest BCUT2D eigenvalue weighted by molar-refractivity contribution is 5.92. The van der Waals surface area contributed by atoms with E-state index < -0.39 is 0 Å². The highest BCUT2D eigenvalue weighted by atomic mass is 16.2. The number of aromatic nitrogens is 1. The third kappa shape index (κ3) is 2.81. The van der Waals surface area contributed by atoms with E-state index >= 15 is 0 Å². The molecule has 0 aliphatic carbocycles. The van der Waals surface area contributed by atoms with Crippen LogP contribution in [0.2, 0.25) is 0 Å². The number of nitrogens with zero attached hydrogens (tertiary/aromatic N) is 2. The molecule has 1 aromatic heterocycles. The summed E-state index contributed by atoms with van der Waals surface area (Å²) in [7, 11) is 0. The van der Waals surface area contributed by atoms with E-state index in [1.165, 1.54) is 6.92 Å². The van der Waals surface area contributed by atoms with Gasteiger partial charge in [-0.2, -0.15) is 0 Å². The van der Waals surface area contributed by atoms with Crippen LogP contribution in [0.15, 0.2) is 18.3 Å². The van der Waals surface area contributed by atoms with Crippen LogP contribution in [0.3, 0.4) is 0 Å². The Hall–Kier alpha value is -1.91. The van der Waals surface area contributed by atoms with Gasteiger partial charge in [0.05, 0.1) is 18.4 Å². The summed E-state index contributed by atoms with van der Waals surface area (Å²) in [6, 6.07) is 3.53. The highest BCUT2D eigenvalue weighted by Crippen LogP contribution is 2.14. The number of rotatable bonds is 2. The summed E-state index contributed by atoms with van der Waals surface area (Å²) in [4.78, 5) is 28.6. The predicted molar refractivity (Wildman–Crippen MR) is 64.1 cm³/mol. The van der Waals surface area contributed by atoms with Crippen LogP contribution in [0, 0.1) is 0 Å². The van der Waals surface area contributed by atoms with E-state index in [0.29, 0.717) is 18.8 Å². The molecule has 5 heteroatoms. The van der Waals surface area contributed by atoms with Gasteiger partial charge in [-0.25, -0.2) is 0 Å². The van der Waals surface area contributed by atoms with Gasteiger partial charge in [0.1, 0.15) is 5.69 Å². The quantitative estimate of drug-likeness (QED) is 0.760. The number of anilines is 1. The Morgan fingerprint density at radius 3 is 2.94 bits per heavy atom. The van der Waals surface area contributed by atoms with Crippen LogP contribution in [-0.4, -0.2) is 36.3 Å². The molecule has 1 aromatic rings. The van der Waals surface area contributed by atoms with Crippen LogP contribution >= 0.6 is 0 Å². The third-order valence-corrected chi connectivity index (χ3v) is 2.74. The van der Waals surface area contributed by atoms with Crippen LogP contribution in [0.25, 0.3) is 0 Å². The molecule has 2 rings (SSSR count). The minimum Gasteiger partial charge on any atom is -0.361 e. The molecule has 0 radical (unpaired) electrons. The van der Waals surface area contributed by atoms with E-state index in [1.807, 2.05) is 11.0 Å². The summed E-state index contributed by atoms with van der Waals surface area (Å²) in [6.45, 7) is 3.37. The maximum atomic E-state index is 11.4. The molecule has 1 aliphatic heterocycles. The first-order valence-electron chi connectivity index (χ1n) is 5.65. The maximum absolute atomic E-state index is 11.4. The minimum atomic E-state index is -0.0508. The van der Waals surface area contributed by atoms with Crippen LogP contribution in [0.1, 0.15) is 23.8 Å². The number of hydrogen-bond donors (Lipinski definition) is 1. The molecule has 1 fully saturated rings. The Morgan fingerprint density at radius 1 is 1.47 bits per heavy atom. The lowest BCUT2D eigenvalue weighted by Crippen LogP contribution is -2.33. The first-order valence-corrected chi connectivity index (χ1v) is 5.65. The first-order chi connectivity index (χ1) is 8.16. The van der Waals surface area contributed by atoms with Gasteiger partial charge in [0.15, 0.2) is 5.78 Å². The lowest BCUT2D eigenvalue weighted by molar-refractivity contribution is -0.119. The summed E-state index contributed by atoms with van der Waals surface area (Å²) >= 11 is 0. The van der Waals surface area contributed by atoms with Gasteiger partial charge in [-0.15, -0.1) is 0 Å². The molecule has 0 spiro atoms. The molecule has 0 aromatic carbocycles. The molecule has 5 nitrogen and oxygen atoms in total. The maximum Gasteiger partial charge on any atom is 0.239 e. The van der Waals surface area contributed by atoms with Gasteiger partial charge in [0.2, 0.25) is 5.91 Å². The number of carbonyl (C=O) groups excluding carboxylic acids is 2. The summed E-state index contributed by atoms with van der Waals surface area (Å²) < 4.78 is 0. The van der Waals surface area contributed by atoms with E-state index in [4.69, 9.17) is 0 Å². The zero-order valence-corrected chi connectivity index (χ0v) is 9.77. The molecule has 90 valence electrons. The van der Waals surface area contributed by atoms with Crippen molar-refractivity contribution < 1.29 is 9.59 Å². The Bertz CT molecular complexity index is 428.